The fourth-order valence-corrected chi connectivity index (χ4v) is 10.1. The lowest BCUT2D eigenvalue weighted by Gasteiger charge is -2.22. The Morgan fingerprint density at radius 2 is 0.750 bits per heavy atom. The molecule has 2 aliphatic rings. The normalized spacial score (nSPS) is 14.1. The fourth-order valence-electron chi connectivity index (χ4n) is 8.20. The molecule has 20 nitrogen and oxygen atoms in total. The number of amides is 2. The van der Waals surface area contributed by atoms with Gasteiger partial charge in [-0.05, 0) is 68.8 Å². The van der Waals surface area contributed by atoms with Gasteiger partial charge in [-0.15, -0.1) is 0 Å². The first-order chi connectivity index (χ1) is 34.6. The van der Waals surface area contributed by atoms with Gasteiger partial charge >= 0.3 is 0 Å². The van der Waals surface area contributed by atoms with E-state index in [1.54, 1.807) is 0 Å². The zero-order chi connectivity index (χ0) is 50.8. The van der Waals surface area contributed by atoms with E-state index in [0.717, 1.165) is 48.5 Å². The number of hydrogen-bond donors (Lipinski definition) is 2. The summed E-state index contributed by atoms with van der Waals surface area (Å²) >= 11 is 0. The maximum absolute atomic E-state index is 13.4. The molecule has 0 unspecified atom stereocenters. The number of para-hydroxylation sites is 4. The highest BCUT2D eigenvalue weighted by Gasteiger charge is 2.26. The van der Waals surface area contributed by atoms with E-state index in [1.165, 1.54) is 0 Å². The van der Waals surface area contributed by atoms with Crippen LogP contribution in [0.25, 0.3) is 0 Å². The predicted octanol–water partition coefficient (Wildman–Crippen LogP) is 5.75. The van der Waals surface area contributed by atoms with Crippen molar-refractivity contribution in [2.45, 2.75) is 35.5 Å². The summed E-state index contributed by atoms with van der Waals surface area (Å²) in [5.74, 6) is -0.396. The molecule has 374 valence electrons. The number of benzene rings is 6. The summed E-state index contributed by atoms with van der Waals surface area (Å²) in [5.41, 5.74) is 4.64. The Kier molecular flexibility index (Phi) is 15.7. The Morgan fingerprint density at radius 3 is 1.06 bits per heavy atom. The Morgan fingerprint density at radius 1 is 0.458 bits per heavy atom. The third kappa shape index (κ3) is 12.3. The van der Waals surface area contributed by atoms with Crippen molar-refractivity contribution in [1.29, 1.82) is 0 Å². The van der Waals surface area contributed by atoms with Crippen LogP contribution in [0.1, 0.15) is 44.5 Å². The number of carbonyl (C=O) groups excluding carboxylic acids is 2. The third-order valence-corrected chi connectivity index (χ3v) is 14.2. The Balaban J connectivity index is 1.17. The third-order valence-electron chi connectivity index (χ3n) is 11.5. The molecular formula is C50H46N4O16S2. The average Bonchev–Trinajstić information content (AvgIpc) is 3.34. The smallest absolute Gasteiger partial charge is 0.271 e. The number of nitro benzene ring substituents is 2. The fraction of sp³-hybridized carbons (Fsp3) is 0.240. The molecule has 0 aromatic heterocycles. The highest BCUT2D eigenvalue weighted by Crippen LogP contribution is 2.39. The number of sulfonamides is 2. The summed E-state index contributed by atoms with van der Waals surface area (Å²) in [5, 5.41) is 22.3. The molecule has 0 radical (unpaired) electrons. The minimum atomic E-state index is -4.44. The van der Waals surface area contributed by atoms with Crippen LogP contribution in [0.4, 0.5) is 11.4 Å². The van der Waals surface area contributed by atoms with Gasteiger partial charge in [0.15, 0.2) is 13.2 Å². The highest BCUT2D eigenvalue weighted by molar-refractivity contribution is 7.90. The van der Waals surface area contributed by atoms with Gasteiger partial charge in [0.25, 0.3) is 43.2 Å². The second-order valence-corrected chi connectivity index (χ2v) is 19.8. The highest BCUT2D eigenvalue weighted by atomic mass is 32.2. The van der Waals surface area contributed by atoms with E-state index in [4.69, 9.17) is 28.4 Å². The molecule has 1 aliphatic carbocycles. The van der Waals surface area contributed by atoms with Gasteiger partial charge in [-0.3, -0.25) is 29.8 Å². The molecule has 22 heteroatoms. The van der Waals surface area contributed by atoms with Crippen LogP contribution in [-0.2, 0) is 64.8 Å². The largest absolute Gasteiger partial charge is 0.491 e. The summed E-state index contributed by atoms with van der Waals surface area (Å²) < 4.78 is 94.2. The molecule has 72 heavy (non-hydrogen) atoms. The molecule has 6 aromatic rings. The predicted molar refractivity (Wildman–Crippen MR) is 257 cm³/mol. The van der Waals surface area contributed by atoms with Crippen LogP contribution in [0.5, 0.6) is 23.0 Å². The molecule has 0 saturated heterocycles. The summed E-state index contributed by atoms with van der Waals surface area (Å²) in [6.45, 7) is -0.198. The Bertz CT molecular complexity index is 2940. The van der Waals surface area contributed by atoms with Crippen LogP contribution < -0.4 is 28.4 Å². The molecule has 0 fully saturated rings. The number of rotatable bonds is 12. The van der Waals surface area contributed by atoms with E-state index >= 15 is 0 Å². The molecule has 6 aromatic carbocycles. The van der Waals surface area contributed by atoms with E-state index < -0.39 is 54.9 Å². The molecule has 0 atom stereocenters. The summed E-state index contributed by atoms with van der Waals surface area (Å²) in [7, 11) is -8.89. The lowest BCUT2D eigenvalue weighted by Crippen LogP contribution is -2.34. The first-order valence-electron chi connectivity index (χ1n) is 22.3. The monoisotopic (exact) mass is 1020 g/mol. The molecule has 1 heterocycles. The maximum Gasteiger partial charge on any atom is 0.271 e. The second kappa shape index (κ2) is 22.4. The van der Waals surface area contributed by atoms with Gasteiger partial charge in [-0.2, -0.15) is 0 Å². The molecule has 0 spiro atoms. The SMILES string of the molecule is O=C(COc1c2cccc1Cc1cccc3c1OCCOCCOCCOc1c(cccc1Cc1cccc(c1OCC(=O)NS(=O)(=O)c1ccc([N+](=O)[O-])cc1)C3)C2)NS(=O)(=O)c1ccc([N+](=O)[O-])cc1. The first kappa shape index (κ1) is 50.5. The van der Waals surface area contributed by atoms with Crippen LogP contribution in [0.2, 0.25) is 0 Å². The molecule has 1 aliphatic heterocycles. The number of non-ortho nitro benzene ring substituents is 2. The number of fused-ring (bicyclic) bond motifs is 2. The lowest BCUT2D eigenvalue weighted by molar-refractivity contribution is -0.385. The summed E-state index contributed by atoms with van der Waals surface area (Å²) in [4.78, 5) is 47.1. The van der Waals surface area contributed by atoms with Crippen LogP contribution in [0, 0.1) is 20.2 Å². The van der Waals surface area contributed by atoms with Crippen molar-refractivity contribution >= 4 is 43.2 Å². The minimum absolute atomic E-state index is 0.129. The molecule has 2 amide bonds. The number of nitrogens with one attached hydrogen (secondary N) is 2. The molecule has 2 N–H and O–H groups in total. The molecule has 8 rings (SSSR count). The van der Waals surface area contributed by atoms with Crippen LogP contribution in [0.3, 0.4) is 0 Å². The average molecular weight is 1020 g/mol. The lowest BCUT2D eigenvalue weighted by atomic mass is 9.91. The van der Waals surface area contributed by atoms with Gasteiger partial charge in [0.05, 0.1) is 46.1 Å². The number of ether oxygens (including phenoxy) is 6. The van der Waals surface area contributed by atoms with Crippen LogP contribution in [0.15, 0.2) is 131 Å². The quantitative estimate of drug-likeness (QED) is 0.109. The van der Waals surface area contributed by atoms with Crippen molar-refractivity contribution in [2.24, 2.45) is 0 Å². The van der Waals surface area contributed by atoms with Crippen molar-refractivity contribution in [3.8, 4) is 23.0 Å². The van der Waals surface area contributed by atoms with Gasteiger partial charge in [0, 0.05) is 49.9 Å². The van der Waals surface area contributed by atoms with E-state index in [9.17, 15) is 46.7 Å². The Labute approximate surface area is 413 Å². The van der Waals surface area contributed by atoms with Crippen molar-refractivity contribution in [1.82, 2.24) is 9.44 Å². The number of hydrogen-bond acceptors (Lipinski definition) is 16. The van der Waals surface area contributed by atoms with Crippen LogP contribution >= 0.6 is 0 Å². The van der Waals surface area contributed by atoms with E-state index in [-0.39, 0.29) is 73.3 Å². The van der Waals surface area contributed by atoms with Crippen molar-refractivity contribution in [2.75, 3.05) is 52.9 Å². The van der Waals surface area contributed by atoms with Gasteiger partial charge in [-0.1, -0.05) is 72.8 Å². The zero-order valence-electron chi connectivity index (χ0n) is 38.3. The topological polar surface area (TPSA) is 268 Å². The van der Waals surface area contributed by atoms with Crippen molar-refractivity contribution < 1.29 is 64.7 Å². The number of nitrogens with zero attached hydrogens (tertiary/aromatic N) is 2. The second-order valence-electron chi connectivity index (χ2n) is 16.4. The van der Waals surface area contributed by atoms with Gasteiger partial charge in [0.2, 0.25) is 0 Å². The number of carbonyl (C=O) groups is 2. The summed E-state index contributed by atoms with van der Waals surface area (Å²) in [6.07, 6.45) is 0.778. The van der Waals surface area contributed by atoms with Crippen molar-refractivity contribution in [3.63, 3.8) is 0 Å². The van der Waals surface area contributed by atoms with Gasteiger partial charge < -0.3 is 28.4 Å². The molecular weight excluding hydrogens is 977 g/mol. The number of nitro groups is 2. The van der Waals surface area contributed by atoms with Crippen LogP contribution in [-0.4, -0.2) is 91.4 Å². The van der Waals surface area contributed by atoms with E-state index in [1.807, 2.05) is 82.2 Å². The van der Waals surface area contributed by atoms with Crippen molar-refractivity contribution in [3.05, 3.63) is 186 Å². The Hall–Kier alpha value is -7.92. The maximum atomic E-state index is 13.4. The molecule has 10 bridgehead atoms. The molecule has 0 saturated carbocycles. The van der Waals surface area contributed by atoms with E-state index in [2.05, 4.69) is 0 Å². The minimum Gasteiger partial charge on any atom is -0.491 e. The summed E-state index contributed by atoms with van der Waals surface area (Å²) in [6, 6.07) is 30.3. The standard InChI is InChI=1S/C50H46N4O16S2/c55-45(51-71(61,62)43-17-13-41(14-18-43)53(57)58)31-69-49-37-9-3-11-39(49)29-35-7-2-8-36-30-40-12-4-10-38(50(40)70-32-46(56)52-72(63,64)44-19-15-42(16-20-44)54(59)60)28-34-6-1-5-33(27-37)47(34)67-25-23-65-21-22-66-24-26-68-48(35)36/h1-20H,21-32H2,(H,51,55)(H,52,56). The zero-order valence-corrected chi connectivity index (χ0v) is 39.9. The van der Waals surface area contributed by atoms with Gasteiger partial charge in [-0.25, -0.2) is 26.3 Å². The van der Waals surface area contributed by atoms with E-state index in [0.29, 0.717) is 80.7 Å². The van der Waals surface area contributed by atoms with Gasteiger partial charge in [0.1, 0.15) is 36.2 Å². The first-order valence-corrected chi connectivity index (χ1v) is 25.3.